The molecule has 0 spiro atoms. The monoisotopic (exact) mass is 276 g/mol. The molecule has 0 N–H and O–H groups in total. The van der Waals surface area contributed by atoms with E-state index in [0.717, 1.165) is 12.8 Å². The lowest BCUT2D eigenvalue weighted by molar-refractivity contribution is 0.0471. The molecule has 0 heterocycles. The fourth-order valence-corrected chi connectivity index (χ4v) is 1.52. The van der Waals surface area contributed by atoms with Gasteiger partial charge in [-0.25, -0.2) is 9.59 Å². The highest BCUT2D eigenvalue weighted by Gasteiger charge is 2.18. The highest BCUT2D eigenvalue weighted by Crippen LogP contribution is 2.12. The molecule has 1 aromatic carbocycles. The Hall–Kier alpha value is -2.10. The van der Waals surface area contributed by atoms with Gasteiger partial charge in [0.05, 0.1) is 17.7 Å². The van der Waals surface area contributed by atoms with E-state index in [4.69, 9.17) is 9.47 Å². The second-order valence-electron chi connectivity index (χ2n) is 4.20. The van der Waals surface area contributed by atoms with Gasteiger partial charge in [-0.1, -0.05) is 37.6 Å². The van der Waals surface area contributed by atoms with Crippen LogP contribution >= 0.6 is 0 Å². The van der Waals surface area contributed by atoms with E-state index in [0.29, 0.717) is 6.61 Å². The molecule has 20 heavy (non-hydrogen) atoms. The number of hydrogen-bond donors (Lipinski definition) is 0. The molecule has 4 nitrogen and oxygen atoms in total. The van der Waals surface area contributed by atoms with Crippen molar-refractivity contribution in [2.24, 2.45) is 0 Å². The summed E-state index contributed by atoms with van der Waals surface area (Å²) >= 11 is 0. The molecular weight excluding hydrogens is 256 g/mol. The minimum atomic E-state index is -0.522. The van der Waals surface area contributed by atoms with Crippen LogP contribution < -0.4 is 0 Å². The molecule has 1 aromatic rings. The van der Waals surface area contributed by atoms with Gasteiger partial charge in [0.1, 0.15) is 6.61 Å². The highest BCUT2D eigenvalue weighted by atomic mass is 16.5. The largest absolute Gasteiger partial charge is 0.462 e. The van der Waals surface area contributed by atoms with Crippen molar-refractivity contribution in [3.05, 3.63) is 47.5 Å². The SMILES string of the molecule is C/C=C\COC(=O)c1ccccc1C(=O)OCCCC. The zero-order valence-electron chi connectivity index (χ0n) is 11.9. The minimum Gasteiger partial charge on any atom is -0.462 e. The molecule has 0 aliphatic rings. The summed E-state index contributed by atoms with van der Waals surface area (Å²) in [5, 5.41) is 0. The summed E-state index contributed by atoms with van der Waals surface area (Å²) < 4.78 is 10.2. The van der Waals surface area contributed by atoms with E-state index in [1.165, 1.54) is 0 Å². The molecule has 0 amide bonds. The Kier molecular flexibility index (Phi) is 7.11. The molecule has 0 radical (unpaired) electrons. The lowest BCUT2D eigenvalue weighted by atomic mass is 10.1. The van der Waals surface area contributed by atoms with Gasteiger partial charge in [0.2, 0.25) is 0 Å². The van der Waals surface area contributed by atoms with E-state index < -0.39 is 11.9 Å². The van der Waals surface area contributed by atoms with Crippen LogP contribution in [0.5, 0.6) is 0 Å². The van der Waals surface area contributed by atoms with Gasteiger partial charge in [-0.05, 0) is 25.5 Å². The first kappa shape index (κ1) is 16.0. The van der Waals surface area contributed by atoms with Gasteiger partial charge in [-0.2, -0.15) is 0 Å². The molecule has 1 rings (SSSR count). The van der Waals surface area contributed by atoms with Crippen LogP contribution in [0.25, 0.3) is 0 Å². The number of carbonyl (C=O) groups is 2. The first-order valence-corrected chi connectivity index (χ1v) is 6.75. The van der Waals surface area contributed by atoms with E-state index >= 15 is 0 Å². The first-order valence-electron chi connectivity index (χ1n) is 6.75. The van der Waals surface area contributed by atoms with Crippen molar-refractivity contribution >= 4 is 11.9 Å². The van der Waals surface area contributed by atoms with Crippen LogP contribution in [-0.2, 0) is 9.47 Å². The predicted octanol–water partition coefficient (Wildman–Crippen LogP) is 3.38. The number of unbranched alkanes of at least 4 members (excludes halogenated alkanes) is 1. The van der Waals surface area contributed by atoms with Crippen molar-refractivity contribution in [3.8, 4) is 0 Å². The summed E-state index contributed by atoms with van der Waals surface area (Å²) in [5.41, 5.74) is 0.479. The van der Waals surface area contributed by atoms with Crippen molar-refractivity contribution < 1.29 is 19.1 Å². The number of benzene rings is 1. The summed E-state index contributed by atoms with van der Waals surface area (Å²) in [6, 6.07) is 6.52. The van der Waals surface area contributed by atoms with Gasteiger partial charge >= 0.3 is 11.9 Å². The van der Waals surface area contributed by atoms with Gasteiger partial charge in [0, 0.05) is 0 Å². The van der Waals surface area contributed by atoms with Gasteiger partial charge in [-0.3, -0.25) is 0 Å². The van der Waals surface area contributed by atoms with Crippen molar-refractivity contribution in [2.75, 3.05) is 13.2 Å². The van der Waals surface area contributed by atoms with Gasteiger partial charge in [-0.15, -0.1) is 0 Å². The van der Waals surface area contributed by atoms with Gasteiger partial charge in [0.25, 0.3) is 0 Å². The number of ether oxygens (including phenoxy) is 2. The summed E-state index contributed by atoms with van der Waals surface area (Å²) in [6.07, 6.45) is 5.26. The van der Waals surface area contributed by atoms with Crippen LogP contribution in [0, 0.1) is 0 Å². The Bertz CT molecular complexity index is 477. The maximum atomic E-state index is 11.9. The molecule has 0 saturated carbocycles. The third kappa shape index (κ3) is 4.88. The van der Waals surface area contributed by atoms with Gasteiger partial charge < -0.3 is 9.47 Å². The average molecular weight is 276 g/mol. The number of allylic oxidation sites excluding steroid dienone is 1. The van der Waals surface area contributed by atoms with Crippen LogP contribution in [0.4, 0.5) is 0 Å². The third-order valence-electron chi connectivity index (χ3n) is 2.64. The molecule has 0 atom stereocenters. The van der Waals surface area contributed by atoms with E-state index in [1.807, 2.05) is 13.8 Å². The Morgan fingerprint density at radius 3 is 2.25 bits per heavy atom. The molecule has 0 aliphatic carbocycles. The Balaban J connectivity index is 2.76. The zero-order chi connectivity index (χ0) is 14.8. The summed E-state index contributed by atoms with van der Waals surface area (Å²) in [5.74, 6) is -1.01. The molecule has 108 valence electrons. The maximum absolute atomic E-state index is 11.9. The van der Waals surface area contributed by atoms with E-state index in [2.05, 4.69) is 0 Å². The third-order valence-corrected chi connectivity index (χ3v) is 2.64. The fraction of sp³-hybridized carbons (Fsp3) is 0.375. The van der Waals surface area contributed by atoms with Crippen molar-refractivity contribution in [2.45, 2.75) is 26.7 Å². The molecule has 0 aromatic heterocycles. The summed E-state index contributed by atoms with van der Waals surface area (Å²) in [7, 11) is 0. The fourth-order valence-electron chi connectivity index (χ4n) is 1.52. The quantitative estimate of drug-likeness (QED) is 0.435. The first-order chi connectivity index (χ1) is 9.70. The van der Waals surface area contributed by atoms with Crippen molar-refractivity contribution in [3.63, 3.8) is 0 Å². The second kappa shape index (κ2) is 8.91. The number of carbonyl (C=O) groups excluding carboxylic acids is 2. The van der Waals surface area contributed by atoms with E-state index in [1.54, 1.807) is 36.4 Å². The molecule has 0 aliphatic heterocycles. The standard InChI is InChI=1S/C16H20O4/c1-3-5-11-19-15(17)13-9-7-8-10-14(13)16(18)20-12-6-4-2/h3,5,7-10H,4,6,11-12H2,1-2H3/b5-3-. The summed E-state index contributed by atoms with van der Waals surface area (Å²) in [6.45, 7) is 4.40. The van der Waals surface area contributed by atoms with Crippen molar-refractivity contribution in [1.29, 1.82) is 0 Å². The lowest BCUT2D eigenvalue weighted by Gasteiger charge is -2.08. The molecular formula is C16H20O4. The van der Waals surface area contributed by atoms with E-state index in [-0.39, 0.29) is 17.7 Å². The smallest absolute Gasteiger partial charge is 0.339 e. The zero-order valence-corrected chi connectivity index (χ0v) is 11.9. The Labute approximate surface area is 119 Å². The lowest BCUT2D eigenvalue weighted by Crippen LogP contribution is -2.14. The molecule has 0 fully saturated rings. The molecule has 0 saturated heterocycles. The topological polar surface area (TPSA) is 52.6 Å². The second-order valence-corrected chi connectivity index (χ2v) is 4.20. The normalized spacial score (nSPS) is 10.5. The predicted molar refractivity (Wildman–Crippen MR) is 76.7 cm³/mol. The Morgan fingerprint density at radius 1 is 1.10 bits per heavy atom. The van der Waals surface area contributed by atoms with Crippen LogP contribution in [0.1, 0.15) is 47.4 Å². The van der Waals surface area contributed by atoms with Crippen LogP contribution in [-0.4, -0.2) is 25.2 Å². The van der Waals surface area contributed by atoms with E-state index in [9.17, 15) is 9.59 Å². The Morgan fingerprint density at radius 2 is 1.70 bits per heavy atom. The summed E-state index contributed by atoms with van der Waals surface area (Å²) in [4.78, 5) is 23.8. The number of rotatable bonds is 7. The van der Waals surface area contributed by atoms with Gasteiger partial charge in [0.15, 0.2) is 0 Å². The molecule has 4 heteroatoms. The number of esters is 2. The van der Waals surface area contributed by atoms with Crippen LogP contribution in [0.2, 0.25) is 0 Å². The highest BCUT2D eigenvalue weighted by molar-refractivity contribution is 6.03. The maximum Gasteiger partial charge on any atom is 0.339 e. The number of hydrogen-bond acceptors (Lipinski definition) is 4. The minimum absolute atomic E-state index is 0.189. The van der Waals surface area contributed by atoms with Crippen LogP contribution in [0.3, 0.4) is 0 Å². The van der Waals surface area contributed by atoms with Crippen LogP contribution in [0.15, 0.2) is 36.4 Å². The molecule has 0 bridgehead atoms. The average Bonchev–Trinajstić information content (AvgIpc) is 2.47. The molecule has 0 unspecified atom stereocenters. The van der Waals surface area contributed by atoms with Crippen molar-refractivity contribution in [1.82, 2.24) is 0 Å².